The van der Waals surface area contributed by atoms with Crippen molar-refractivity contribution in [2.75, 3.05) is 0 Å². The highest BCUT2D eigenvalue weighted by Gasteiger charge is 2.21. The molecular formula is C52H38N4. The van der Waals surface area contributed by atoms with Gasteiger partial charge in [-0.15, -0.1) is 0 Å². The lowest BCUT2D eigenvalue weighted by molar-refractivity contribution is 0.591. The first kappa shape index (κ1) is 33.5. The average Bonchev–Trinajstić information content (AvgIpc) is 3.25. The molecule has 56 heavy (non-hydrogen) atoms. The monoisotopic (exact) mass is 718 g/mol. The molecule has 4 aromatic heterocycles. The molecule has 4 heteroatoms. The highest BCUT2D eigenvalue weighted by molar-refractivity contribution is 6.28. The van der Waals surface area contributed by atoms with Gasteiger partial charge in [-0.05, 0) is 155 Å². The third-order valence-electron chi connectivity index (χ3n) is 11.0. The lowest BCUT2D eigenvalue weighted by Crippen LogP contribution is -2.10. The third kappa shape index (κ3) is 5.96. The van der Waals surface area contributed by atoms with Crippen molar-refractivity contribution < 1.29 is 0 Å². The van der Waals surface area contributed by atoms with Crippen LogP contribution in [0.25, 0.3) is 99.1 Å². The summed E-state index contributed by atoms with van der Waals surface area (Å²) >= 11 is 0. The van der Waals surface area contributed by atoms with Gasteiger partial charge in [0.1, 0.15) is 0 Å². The predicted molar refractivity (Wildman–Crippen MR) is 233 cm³/mol. The lowest BCUT2D eigenvalue weighted by atomic mass is 9.81. The van der Waals surface area contributed by atoms with Gasteiger partial charge in [-0.2, -0.15) is 0 Å². The minimum Gasteiger partial charge on any atom is -0.264 e. The van der Waals surface area contributed by atoms with E-state index in [4.69, 9.17) is 0 Å². The first-order chi connectivity index (χ1) is 27.4. The average molecular weight is 719 g/mol. The Kier molecular flexibility index (Phi) is 8.00. The molecule has 266 valence electrons. The second-order valence-corrected chi connectivity index (χ2v) is 15.7. The Morgan fingerprint density at radius 2 is 0.696 bits per heavy atom. The van der Waals surface area contributed by atoms with E-state index in [1.54, 1.807) is 0 Å². The maximum atomic E-state index is 4.49. The van der Waals surface area contributed by atoms with Crippen LogP contribution in [0.2, 0.25) is 0 Å². The van der Waals surface area contributed by atoms with Gasteiger partial charge in [-0.25, -0.2) is 0 Å². The summed E-state index contributed by atoms with van der Waals surface area (Å²) in [6.07, 6.45) is 15.1. The normalized spacial score (nSPS) is 11.8. The zero-order valence-corrected chi connectivity index (χ0v) is 31.5. The summed E-state index contributed by atoms with van der Waals surface area (Å²) in [5, 5.41) is 7.53. The van der Waals surface area contributed by atoms with Gasteiger partial charge in [0.2, 0.25) is 0 Å². The zero-order valence-electron chi connectivity index (χ0n) is 31.5. The number of benzene rings is 6. The van der Waals surface area contributed by atoms with Crippen molar-refractivity contribution >= 4 is 32.3 Å². The first-order valence-electron chi connectivity index (χ1n) is 19.1. The highest BCUT2D eigenvalue weighted by atomic mass is 14.6. The molecule has 4 nitrogen and oxygen atoms in total. The van der Waals surface area contributed by atoms with Crippen LogP contribution in [-0.4, -0.2) is 19.9 Å². The molecule has 10 rings (SSSR count). The summed E-state index contributed by atoms with van der Waals surface area (Å²) in [6.45, 7) is 6.88. The molecule has 10 aromatic rings. The molecule has 6 aromatic carbocycles. The molecule has 0 bridgehead atoms. The van der Waals surface area contributed by atoms with Crippen LogP contribution in [0, 0.1) is 0 Å². The summed E-state index contributed by atoms with van der Waals surface area (Å²) in [4.78, 5) is 18.0. The van der Waals surface area contributed by atoms with Crippen LogP contribution in [-0.2, 0) is 5.41 Å². The Morgan fingerprint density at radius 3 is 1.02 bits per heavy atom. The maximum Gasteiger partial charge on any atom is 0.0346 e. The molecule has 0 radical (unpaired) electrons. The molecule has 4 heterocycles. The Morgan fingerprint density at radius 1 is 0.339 bits per heavy atom. The molecule has 0 saturated heterocycles. The molecule has 0 unspecified atom stereocenters. The van der Waals surface area contributed by atoms with Gasteiger partial charge < -0.3 is 0 Å². The highest BCUT2D eigenvalue weighted by Crippen LogP contribution is 2.47. The summed E-state index contributed by atoms with van der Waals surface area (Å²) < 4.78 is 0. The Balaban J connectivity index is 1.32. The number of rotatable bonds is 6. The van der Waals surface area contributed by atoms with Gasteiger partial charge in [0, 0.05) is 71.8 Å². The molecule has 0 aliphatic carbocycles. The van der Waals surface area contributed by atoms with Gasteiger partial charge >= 0.3 is 0 Å². The Hall–Kier alpha value is -7.04. The van der Waals surface area contributed by atoms with Crippen molar-refractivity contribution in [3.63, 3.8) is 0 Å². The molecule has 0 saturated carbocycles. The second-order valence-electron chi connectivity index (χ2n) is 15.7. The van der Waals surface area contributed by atoms with Gasteiger partial charge in [-0.3, -0.25) is 19.9 Å². The van der Waals surface area contributed by atoms with Crippen LogP contribution < -0.4 is 0 Å². The summed E-state index contributed by atoms with van der Waals surface area (Å²) in [5.74, 6) is 0. The summed E-state index contributed by atoms with van der Waals surface area (Å²) in [5.41, 5.74) is 14.7. The van der Waals surface area contributed by atoms with Crippen LogP contribution in [0.15, 0.2) is 177 Å². The van der Waals surface area contributed by atoms with E-state index in [9.17, 15) is 0 Å². The van der Waals surface area contributed by atoms with Gasteiger partial charge in [-0.1, -0.05) is 81.4 Å². The molecule has 0 amide bonds. The number of hydrogen-bond donors (Lipinski definition) is 0. The van der Waals surface area contributed by atoms with Crippen molar-refractivity contribution in [3.05, 3.63) is 183 Å². The van der Waals surface area contributed by atoms with Crippen LogP contribution in [0.3, 0.4) is 0 Å². The minimum atomic E-state index is 0.0195. The van der Waals surface area contributed by atoms with Crippen LogP contribution in [0.4, 0.5) is 0 Å². The van der Waals surface area contributed by atoms with Crippen molar-refractivity contribution in [1.29, 1.82) is 0 Å². The van der Waals surface area contributed by atoms with E-state index < -0.39 is 0 Å². The van der Waals surface area contributed by atoms with E-state index in [1.165, 1.54) is 49.0 Å². The predicted octanol–water partition coefficient (Wildman–Crippen LogP) is 13.5. The number of pyridine rings is 4. The fourth-order valence-electron chi connectivity index (χ4n) is 8.19. The quantitative estimate of drug-likeness (QED) is 0.161. The molecule has 0 atom stereocenters. The van der Waals surface area contributed by atoms with Crippen molar-refractivity contribution in [2.24, 2.45) is 0 Å². The Bertz CT molecular complexity index is 2720. The van der Waals surface area contributed by atoms with E-state index in [0.717, 1.165) is 55.6 Å². The van der Waals surface area contributed by atoms with E-state index >= 15 is 0 Å². The standard InChI is InChI=1S/C52H38N4/c1-52(2,3)45-26-33-12-14-46-48(43-22-39(35-8-4-16-53-29-35)20-40(23-43)36-9-5-17-54-30-36)28-49(47-15-13-34(27-45)50(33)51(46)47)44-24-41(37-10-6-18-55-31-37)21-42(25-44)38-11-7-19-56-32-38/h4-32H,1-3H3. The minimum absolute atomic E-state index is 0.0195. The lowest BCUT2D eigenvalue weighted by Gasteiger charge is -2.23. The van der Waals surface area contributed by atoms with Crippen LogP contribution >= 0.6 is 0 Å². The third-order valence-corrected chi connectivity index (χ3v) is 11.0. The SMILES string of the molecule is CC(C)(C)c1cc2ccc3c(-c4cc(-c5cccnc5)cc(-c5cccnc5)c4)cc(-c4cc(-c5cccnc5)cc(-c5cccnc5)c4)c4ccc(c1)c2c34. The molecule has 0 N–H and O–H groups in total. The van der Waals surface area contributed by atoms with E-state index in [1.807, 2.05) is 73.8 Å². The van der Waals surface area contributed by atoms with Crippen molar-refractivity contribution in [3.8, 4) is 66.8 Å². The second kappa shape index (κ2) is 13.4. The van der Waals surface area contributed by atoms with Crippen molar-refractivity contribution in [1.82, 2.24) is 19.9 Å². The molecule has 0 fully saturated rings. The summed E-state index contributed by atoms with van der Waals surface area (Å²) in [6, 6.07) is 46.8. The fraction of sp³-hybridized carbons (Fsp3) is 0.0769. The molecule has 0 aliphatic rings. The Labute approximate surface area is 326 Å². The van der Waals surface area contributed by atoms with Gasteiger partial charge in [0.15, 0.2) is 0 Å². The van der Waals surface area contributed by atoms with E-state index in [-0.39, 0.29) is 5.41 Å². The fourth-order valence-corrected chi connectivity index (χ4v) is 8.19. The molecular weight excluding hydrogens is 681 g/mol. The summed E-state index contributed by atoms with van der Waals surface area (Å²) in [7, 11) is 0. The number of aromatic nitrogens is 4. The van der Waals surface area contributed by atoms with E-state index in [2.05, 4.69) is 144 Å². The molecule has 0 spiro atoms. The zero-order chi connectivity index (χ0) is 37.8. The van der Waals surface area contributed by atoms with Crippen LogP contribution in [0.5, 0.6) is 0 Å². The topological polar surface area (TPSA) is 51.6 Å². The van der Waals surface area contributed by atoms with Gasteiger partial charge in [0.25, 0.3) is 0 Å². The number of hydrogen-bond acceptors (Lipinski definition) is 4. The van der Waals surface area contributed by atoms with Crippen LogP contribution in [0.1, 0.15) is 26.3 Å². The van der Waals surface area contributed by atoms with E-state index in [0.29, 0.717) is 0 Å². The number of nitrogens with zero attached hydrogens (tertiary/aromatic N) is 4. The first-order valence-corrected chi connectivity index (χ1v) is 19.1. The van der Waals surface area contributed by atoms with Gasteiger partial charge in [0.05, 0.1) is 0 Å². The maximum absolute atomic E-state index is 4.49. The smallest absolute Gasteiger partial charge is 0.0346 e. The molecule has 0 aliphatic heterocycles. The largest absolute Gasteiger partial charge is 0.264 e. The van der Waals surface area contributed by atoms with Crippen molar-refractivity contribution in [2.45, 2.75) is 26.2 Å².